The molecule has 1 saturated heterocycles. The first-order valence-corrected chi connectivity index (χ1v) is 7.99. The standard InChI is InChI=1S/C13H17NO4S/c1-9(15)10-3-2-4-12(7-10)14-13(16)11-5-6-19(17,18)8-11/h2-4,7,9,11,15H,5-6,8H2,1H3,(H,14,16). The SMILES string of the molecule is CC(O)c1cccc(NC(=O)C2CCS(=O)(=O)C2)c1. The molecule has 0 spiro atoms. The first-order valence-electron chi connectivity index (χ1n) is 6.17. The Morgan fingerprint density at radius 3 is 2.79 bits per heavy atom. The third-order valence-electron chi connectivity index (χ3n) is 3.24. The van der Waals surface area contributed by atoms with E-state index in [-0.39, 0.29) is 17.4 Å². The van der Waals surface area contributed by atoms with Crippen molar-refractivity contribution in [3.05, 3.63) is 29.8 Å². The van der Waals surface area contributed by atoms with Crippen LogP contribution in [-0.2, 0) is 14.6 Å². The summed E-state index contributed by atoms with van der Waals surface area (Å²) in [5.74, 6) is -0.739. The van der Waals surface area contributed by atoms with Gasteiger partial charge < -0.3 is 10.4 Å². The highest BCUT2D eigenvalue weighted by atomic mass is 32.2. The first-order chi connectivity index (χ1) is 8.87. The van der Waals surface area contributed by atoms with Crippen LogP contribution in [0.1, 0.15) is 25.0 Å². The predicted molar refractivity (Wildman–Crippen MR) is 72.5 cm³/mol. The molecule has 104 valence electrons. The van der Waals surface area contributed by atoms with Crippen molar-refractivity contribution in [2.75, 3.05) is 16.8 Å². The molecule has 0 bridgehead atoms. The maximum atomic E-state index is 11.9. The van der Waals surface area contributed by atoms with Crippen molar-refractivity contribution in [1.29, 1.82) is 0 Å². The van der Waals surface area contributed by atoms with Gasteiger partial charge in [0.1, 0.15) is 0 Å². The predicted octanol–water partition coefficient (Wildman–Crippen LogP) is 1.11. The van der Waals surface area contributed by atoms with E-state index in [1.54, 1.807) is 31.2 Å². The molecule has 2 rings (SSSR count). The van der Waals surface area contributed by atoms with Crippen LogP contribution >= 0.6 is 0 Å². The van der Waals surface area contributed by atoms with Crippen LogP contribution in [0.5, 0.6) is 0 Å². The Kier molecular flexibility index (Phi) is 3.91. The fraction of sp³-hybridized carbons (Fsp3) is 0.462. The lowest BCUT2D eigenvalue weighted by molar-refractivity contribution is -0.119. The topological polar surface area (TPSA) is 83.5 Å². The minimum atomic E-state index is -3.06. The molecule has 1 amide bonds. The molecule has 0 saturated carbocycles. The van der Waals surface area contributed by atoms with Gasteiger partial charge in [0.2, 0.25) is 5.91 Å². The van der Waals surface area contributed by atoms with Gasteiger partial charge in [-0.25, -0.2) is 8.42 Å². The summed E-state index contributed by atoms with van der Waals surface area (Å²) in [6, 6.07) is 6.91. The number of anilines is 1. The van der Waals surface area contributed by atoms with Crippen molar-refractivity contribution in [2.45, 2.75) is 19.4 Å². The van der Waals surface area contributed by atoms with Crippen LogP contribution in [0.3, 0.4) is 0 Å². The smallest absolute Gasteiger partial charge is 0.228 e. The number of sulfone groups is 1. The monoisotopic (exact) mass is 283 g/mol. The summed E-state index contributed by atoms with van der Waals surface area (Å²) in [4.78, 5) is 11.9. The van der Waals surface area contributed by atoms with Gasteiger partial charge in [-0.2, -0.15) is 0 Å². The summed E-state index contributed by atoms with van der Waals surface area (Å²) in [6.07, 6.45) is -0.228. The summed E-state index contributed by atoms with van der Waals surface area (Å²) in [7, 11) is -3.06. The fourth-order valence-corrected chi connectivity index (χ4v) is 3.86. The highest BCUT2D eigenvalue weighted by Gasteiger charge is 2.32. The molecule has 0 radical (unpaired) electrons. The van der Waals surface area contributed by atoms with E-state index < -0.39 is 21.9 Å². The molecule has 19 heavy (non-hydrogen) atoms. The zero-order chi connectivity index (χ0) is 14.0. The number of carbonyl (C=O) groups is 1. The molecule has 2 N–H and O–H groups in total. The number of aliphatic hydroxyl groups excluding tert-OH is 1. The molecular formula is C13H17NO4S. The first kappa shape index (κ1) is 14.0. The molecule has 1 fully saturated rings. The average molecular weight is 283 g/mol. The highest BCUT2D eigenvalue weighted by Crippen LogP contribution is 2.22. The molecule has 1 aromatic carbocycles. The van der Waals surface area contributed by atoms with Gasteiger partial charge >= 0.3 is 0 Å². The minimum absolute atomic E-state index is 0.0745. The number of benzene rings is 1. The van der Waals surface area contributed by atoms with E-state index in [2.05, 4.69) is 5.32 Å². The van der Waals surface area contributed by atoms with E-state index in [4.69, 9.17) is 0 Å². The maximum absolute atomic E-state index is 11.9. The van der Waals surface area contributed by atoms with E-state index in [0.717, 1.165) is 0 Å². The molecule has 1 heterocycles. The van der Waals surface area contributed by atoms with Crippen LogP contribution in [0.15, 0.2) is 24.3 Å². The van der Waals surface area contributed by atoms with Crippen molar-refractivity contribution in [3.63, 3.8) is 0 Å². The Balaban J connectivity index is 2.05. The second kappa shape index (κ2) is 5.30. The zero-order valence-electron chi connectivity index (χ0n) is 10.7. The zero-order valence-corrected chi connectivity index (χ0v) is 11.5. The number of hydrogen-bond acceptors (Lipinski definition) is 4. The quantitative estimate of drug-likeness (QED) is 0.870. The second-order valence-corrected chi connectivity index (χ2v) is 7.12. The molecular weight excluding hydrogens is 266 g/mol. The van der Waals surface area contributed by atoms with Crippen molar-refractivity contribution < 1.29 is 18.3 Å². The largest absolute Gasteiger partial charge is 0.389 e. The van der Waals surface area contributed by atoms with Gasteiger partial charge in [0, 0.05) is 5.69 Å². The summed E-state index contributed by atoms with van der Waals surface area (Å²) >= 11 is 0. The summed E-state index contributed by atoms with van der Waals surface area (Å²) < 4.78 is 22.7. The average Bonchev–Trinajstić information content (AvgIpc) is 2.70. The van der Waals surface area contributed by atoms with Crippen LogP contribution in [0.4, 0.5) is 5.69 Å². The van der Waals surface area contributed by atoms with Crippen molar-refractivity contribution in [2.24, 2.45) is 5.92 Å². The van der Waals surface area contributed by atoms with Gasteiger partial charge in [-0.15, -0.1) is 0 Å². The Morgan fingerprint density at radius 1 is 1.47 bits per heavy atom. The Bertz CT molecular complexity index is 580. The number of amides is 1. The molecule has 1 aromatic rings. The summed E-state index contributed by atoms with van der Waals surface area (Å²) in [6.45, 7) is 1.64. The van der Waals surface area contributed by atoms with Gasteiger partial charge in [0.15, 0.2) is 9.84 Å². The lowest BCUT2D eigenvalue weighted by atomic mass is 10.1. The number of aliphatic hydroxyl groups is 1. The number of rotatable bonds is 3. The molecule has 2 unspecified atom stereocenters. The molecule has 6 heteroatoms. The number of carbonyl (C=O) groups excluding carboxylic acids is 1. The van der Waals surface area contributed by atoms with Crippen molar-refractivity contribution >= 4 is 21.4 Å². The Labute approximate surface area is 112 Å². The lowest BCUT2D eigenvalue weighted by Gasteiger charge is -2.11. The van der Waals surface area contributed by atoms with E-state index in [9.17, 15) is 18.3 Å². The minimum Gasteiger partial charge on any atom is -0.389 e. The molecule has 1 aliphatic heterocycles. The van der Waals surface area contributed by atoms with Gasteiger partial charge in [0.05, 0.1) is 23.5 Å². The van der Waals surface area contributed by atoms with Gasteiger partial charge in [-0.05, 0) is 31.0 Å². The molecule has 1 aliphatic rings. The maximum Gasteiger partial charge on any atom is 0.228 e. The summed E-state index contributed by atoms with van der Waals surface area (Å²) in [5.41, 5.74) is 1.28. The number of hydrogen-bond donors (Lipinski definition) is 2. The van der Waals surface area contributed by atoms with Crippen LogP contribution in [-0.4, -0.2) is 30.9 Å². The molecule has 2 atom stereocenters. The summed E-state index contributed by atoms with van der Waals surface area (Å²) in [5, 5.41) is 12.2. The van der Waals surface area contributed by atoms with E-state index in [1.165, 1.54) is 0 Å². The van der Waals surface area contributed by atoms with Gasteiger partial charge in [0.25, 0.3) is 0 Å². The third-order valence-corrected chi connectivity index (χ3v) is 5.01. The molecule has 5 nitrogen and oxygen atoms in total. The van der Waals surface area contributed by atoms with Crippen molar-refractivity contribution in [1.82, 2.24) is 0 Å². The van der Waals surface area contributed by atoms with E-state index >= 15 is 0 Å². The van der Waals surface area contributed by atoms with Crippen LogP contribution in [0.2, 0.25) is 0 Å². The van der Waals surface area contributed by atoms with Gasteiger partial charge in [-0.3, -0.25) is 4.79 Å². The number of nitrogens with one attached hydrogen (secondary N) is 1. The Morgan fingerprint density at radius 2 is 2.21 bits per heavy atom. The molecule has 0 aliphatic carbocycles. The highest BCUT2D eigenvalue weighted by molar-refractivity contribution is 7.91. The second-order valence-electron chi connectivity index (χ2n) is 4.89. The van der Waals surface area contributed by atoms with Crippen molar-refractivity contribution in [3.8, 4) is 0 Å². The Hall–Kier alpha value is -1.40. The van der Waals surface area contributed by atoms with Crippen LogP contribution < -0.4 is 5.32 Å². The molecule has 0 aromatic heterocycles. The van der Waals surface area contributed by atoms with Crippen LogP contribution in [0, 0.1) is 5.92 Å². The lowest BCUT2D eigenvalue weighted by Crippen LogP contribution is -2.23. The van der Waals surface area contributed by atoms with E-state index in [0.29, 0.717) is 17.7 Å². The normalized spacial score (nSPS) is 22.9. The fourth-order valence-electron chi connectivity index (χ4n) is 2.12. The van der Waals surface area contributed by atoms with Crippen LogP contribution in [0.25, 0.3) is 0 Å². The van der Waals surface area contributed by atoms with E-state index in [1.807, 2.05) is 0 Å². The third kappa shape index (κ3) is 3.54. The van der Waals surface area contributed by atoms with Gasteiger partial charge in [-0.1, -0.05) is 12.1 Å².